The number of piperazine rings is 1. The first kappa shape index (κ1) is 16.9. The number of aliphatic hydroxyl groups excluding tert-OH is 1. The van der Waals surface area contributed by atoms with Crippen molar-refractivity contribution < 1.29 is 9.84 Å². The van der Waals surface area contributed by atoms with Crippen LogP contribution in [0.15, 0.2) is 18.3 Å². The van der Waals surface area contributed by atoms with E-state index in [1.54, 1.807) is 12.3 Å². The van der Waals surface area contributed by atoms with Gasteiger partial charge in [-0.1, -0.05) is 13.8 Å². The molecule has 1 fully saturated rings. The number of aromatic nitrogens is 1. The number of rotatable bonds is 6. The first-order valence-electron chi connectivity index (χ1n) is 7.50. The third-order valence-corrected chi connectivity index (χ3v) is 3.06. The summed E-state index contributed by atoms with van der Waals surface area (Å²) in [6.07, 6.45) is 2.66. The highest BCUT2D eigenvalue weighted by Crippen LogP contribution is 2.07. The maximum atomic E-state index is 8.90. The van der Waals surface area contributed by atoms with Crippen molar-refractivity contribution in [2.75, 3.05) is 39.3 Å². The molecule has 2 N–H and O–H groups in total. The zero-order valence-corrected chi connectivity index (χ0v) is 12.6. The molecule has 2 heterocycles. The molecule has 0 radical (unpaired) electrons. The number of aliphatic hydroxyl groups is 1. The Kier molecular flexibility index (Phi) is 8.95. The van der Waals surface area contributed by atoms with Crippen LogP contribution in [0.3, 0.4) is 0 Å². The van der Waals surface area contributed by atoms with Gasteiger partial charge in [-0.2, -0.15) is 0 Å². The number of hydrogen-bond acceptors (Lipinski definition) is 5. The van der Waals surface area contributed by atoms with Crippen molar-refractivity contribution in [1.29, 1.82) is 0 Å². The Morgan fingerprint density at radius 2 is 2.05 bits per heavy atom. The molecule has 0 saturated carbocycles. The van der Waals surface area contributed by atoms with E-state index in [-0.39, 0.29) is 6.61 Å². The highest BCUT2D eigenvalue weighted by Gasteiger charge is 2.08. The molecule has 1 aromatic heterocycles. The Morgan fingerprint density at radius 3 is 2.65 bits per heavy atom. The van der Waals surface area contributed by atoms with Gasteiger partial charge in [-0.15, -0.1) is 0 Å². The van der Waals surface area contributed by atoms with Crippen LogP contribution in [0.4, 0.5) is 0 Å². The maximum absolute atomic E-state index is 8.90. The summed E-state index contributed by atoms with van der Waals surface area (Å²) in [5, 5.41) is 12.2. The monoisotopic (exact) mass is 281 g/mol. The Morgan fingerprint density at radius 1 is 1.30 bits per heavy atom. The van der Waals surface area contributed by atoms with Gasteiger partial charge >= 0.3 is 0 Å². The lowest BCUT2D eigenvalue weighted by molar-refractivity contribution is 0.211. The third kappa shape index (κ3) is 6.32. The van der Waals surface area contributed by atoms with Crippen LogP contribution in [-0.2, 0) is 6.61 Å². The molecule has 1 saturated heterocycles. The molecule has 0 bridgehead atoms. The Balaban J connectivity index is 0.000000956. The molecule has 0 unspecified atom stereocenters. The van der Waals surface area contributed by atoms with Crippen molar-refractivity contribution in [3.8, 4) is 5.88 Å². The van der Waals surface area contributed by atoms with Gasteiger partial charge in [0.25, 0.3) is 0 Å². The number of nitrogens with zero attached hydrogens (tertiary/aromatic N) is 2. The SMILES string of the molecule is CC.OCc1ccc(OCCCN2CCNCC2)nc1. The largest absolute Gasteiger partial charge is 0.478 e. The zero-order valence-electron chi connectivity index (χ0n) is 12.6. The van der Waals surface area contributed by atoms with Crippen LogP contribution in [0, 0.1) is 0 Å². The zero-order chi connectivity index (χ0) is 14.6. The fourth-order valence-corrected chi connectivity index (χ4v) is 1.99. The van der Waals surface area contributed by atoms with Crippen molar-refractivity contribution in [3.05, 3.63) is 23.9 Å². The second-order valence-electron chi connectivity index (χ2n) is 4.46. The van der Waals surface area contributed by atoms with Crippen molar-refractivity contribution in [3.63, 3.8) is 0 Å². The standard InChI is InChI=1S/C13H21N3O2.C2H6/c17-11-12-2-3-13(15-10-12)18-9-1-6-16-7-4-14-5-8-16;1-2/h2-3,10,14,17H,1,4-9,11H2;1-2H3. The molecule has 0 aromatic carbocycles. The van der Waals surface area contributed by atoms with E-state index in [1.807, 2.05) is 19.9 Å². The molecular weight excluding hydrogens is 254 g/mol. The molecule has 0 atom stereocenters. The maximum Gasteiger partial charge on any atom is 0.213 e. The van der Waals surface area contributed by atoms with Gasteiger partial charge in [-0.25, -0.2) is 4.98 Å². The molecule has 0 aliphatic carbocycles. The number of hydrogen-bond donors (Lipinski definition) is 2. The highest BCUT2D eigenvalue weighted by atomic mass is 16.5. The summed E-state index contributed by atoms with van der Waals surface area (Å²) in [4.78, 5) is 6.57. The van der Waals surface area contributed by atoms with E-state index in [0.717, 1.165) is 44.7 Å². The fourth-order valence-electron chi connectivity index (χ4n) is 1.99. The summed E-state index contributed by atoms with van der Waals surface area (Å²) >= 11 is 0. The first-order valence-corrected chi connectivity index (χ1v) is 7.50. The summed E-state index contributed by atoms with van der Waals surface area (Å²) in [6.45, 7) is 10.2. The first-order chi connectivity index (χ1) is 9.88. The lowest BCUT2D eigenvalue weighted by Crippen LogP contribution is -2.43. The topological polar surface area (TPSA) is 57.6 Å². The lowest BCUT2D eigenvalue weighted by Gasteiger charge is -2.26. The van der Waals surface area contributed by atoms with Gasteiger partial charge in [0, 0.05) is 45.0 Å². The van der Waals surface area contributed by atoms with Crippen molar-refractivity contribution in [1.82, 2.24) is 15.2 Å². The van der Waals surface area contributed by atoms with Crippen LogP contribution >= 0.6 is 0 Å². The second kappa shape index (κ2) is 10.6. The molecule has 2 rings (SSSR count). The molecule has 5 heteroatoms. The Labute approximate surface area is 122 Å². The van der Waals surface area contributed by atoms with Gasteiger partial charge in [-0.05, 0) is 18.1 Å². The molecule has 0 spiro atoms. The van der Waals surface area contributed by atoms with E-state index in [0.29, 0.717) is 12.5 Å². The van der Waals surface area contributed by atoms with Crippen LogP contribution in [0.1, 0.15) is 25.8 Å². The minimum absolute atomic E-state index is 0.0241. The molecule has 20 heavy (non-hydrogen) atoms. The number of ether oxygens (including phenoxy) is 1. The van der Waals surface area contributed by atoms with Crippen molar-refractivity contribution in [2.45, 2.75) is 26.9 Å². The van der Waals surface area contributed by atoms with E-state index in [4.69, 9.17) is 9.84 Å². The predicted molar refractivity (Wildman–Crippen MR) is 80.9 cm³/mol. The molecule has 1 aromatic rings. The molecule has 5 nitrogen and oxygen atoms in total. The molecule has 1 aliphatic heterocycles. The van der Waals surface area contributed by atoms with Crippen LogP contribution in [0.2, 0.25) is 0 Å². The van der Waals surface area contributed by atoms with Crippen LogP contribution < -0.4 is 10.1 Å². The molecular formula is C15H27N3O2. The highest BCUT2D eigenvalue weighted by molar-refractivity contribution is 5.16. The smallest absolute Gasteiger partial charge is 0.213 e. The lowest BCUT2D eigenvalue weighted by atomic mass is 10.3. The van der Waals surface area contributed by atoms with E-state index in [1.165, 1.54) is 0 Å². The van der Waals surface area contributed by atoms with Crippen LogP contribution in [0.5, 0.6) is 5.88 Å². The van der Waals surface area contributed by atoms with Crippen LogP contribution in [-0.4, -0.2) is 54.3 Å². The van der Waals surface area contributed by atoms with Gasteiger partial charge < -0.3 is 20.1 Å². The summed E-state index contributed by atoms with van der Waals surface area (Å²) in [5.74, 6) is 0.632. The van der Waals surface area contributed by atoms with E-state index in [9.17, 15) is 0 Å². The third-order valence-electron chi connectivity index (χ3n) is 3.06. The van der Waals surface area contributed by atoms with Gasteiger partial charge in [0.05, 0.1) is 13.2 Å². The summed E-state index contributed by atoms with van der Waals surface area (Å²) in [7, 11) is 0. The van der Waals surface area contributed by atoms with Gasteiger partial charge in [0.1, 0.15) is 0 Å². The molecule has 114 valence electrons. The Bertz CT molecular complexity index is 337. The van der Waals surface area contributed by atoms with Gasteiger partial charge in [0.15, 0.2) is 0 Å². The summed E-state index contributed by atoms with van der Waals surface area (Å²) < 4.78 is 5.56. The number of nitrogens with one attached hydrogen (secondary N) is 1. The van der Waals surface area contributed by atoms with Crippen LogP contribution in [0.25, 0.3) is 0 Å². The van der Waals surface area contributed by atoms with E-state index >= 15 is 0 Å². The predicted octanol–water partition coefficient (Wildman–Crippen LogP) is 1.27. The van der Waals surface area contributed by atoms with Gasteiger partial charge in [0.2, 0.25) is 5.88 Å². The second-order valence-corrected chi connectivity index (χ2v) is 4.46. The number of pyridine rings is 1. The summed E-state index contributed by atoms with van der Waals surface area (Å²) in [5.41, 5.74) is 0.808. The van der Waals surface area contributed by atoms with Crippen molar-refractivity contribution >= 4 is 0 Å². The van der Waals surface area contributed by atoms with E-state index < -0.39 is 0 Å². The quantitative estimate of drug-likeness (QED) is 0.769. The average Bonchev–Trinajstić information content (AvgIpc) is 2.55. The molecule has 1 aliphatic rings. The van der Waals surface area contributed by atoms with Crippen molar-refractivity contribution in [2.24, 2.45) is 0 Å². The minimum Gasteiger partial charge on any atom is -0.478 e. The molecule has 0 amide bonds. The minimum atomic E-state index is 0.0241. The van der Waals surface area contributed by atoms with Gasteiger partial charge in [-0.3, -0.25) is 0 Å². The van der Waals surface area contributed by atoms with E-state index in [2.05, 4.69) is 15.2 Å². The summed E-state index contributed by atoms with van der Waals surface area (Å²) in [6, 6.07) is 3.63. The fraction of sp³-hybridized carbons (Fsp3) is 0.667. The average molecular weight is 281 g/mol. The Hall–Kier alpha value is -1.17. The normalized spacial score (nSPS) is 15.3.